The highest BCUT2D eigenvalue weighted by Crippen LogP contribution is 2.24. The van der Waals surface area contributed by atoms with Crippen molar-refractivity contribution in [1.82, 2.24) is 9.97 Å². The number of carbonyl (C=O) groups is 1. The number of hydrogen-bond donors (Lipinski definition) is 2. The molecule has 0 radical (unpaired) electrons. The van der Waals surface area contributed by atoms with Crippen molar-refractivity contribution in [2.24, 2.45) is 0 Å². The predicted molar refractivity (Wildman–Crippen MR) is 77.5 cm³/mol. The molecular formula is C13H10ClF3N4O2. The van der Waals surface area contributed by atoms with Crippen LogP contribution in [0.2, 0.25) is 5.15 Å². The van der Waals surface area contributed by atoms with Gasteiger partial charge in [0, 0.05) is 11.4 Å². The van der Waals surface area contributed by atoms with Gasteiger partial charge >= 0.3 is 12.4 Å². The van der Waals surface area contributed by atoms with Gasteiger partial charge < -0.3 is 10.1 Å². The number of nitrogens with one attached hydrogen (secondary N) is 2. The SMILES string of the molecule is Cc1cc(Cl)nc(NC(=O)Nc2ccc(OC(F)(F)F)cc2)n1. The minimum Gasteiger partial charge on any atom is -0.406 e. The first kappa shape index (κ1) is 16.8. The molecule has 0 fully saturated rings. The molecule has 122 valence electrons. The zero-order chi connectivity index (χ0) is 17.0. The van der Waals surface area contributed by atoms with E-state index < -0.39 is 18.1 Å². The van der Waals surface area contributed by atoms with Crippen molar-refractivity contribution in [2.45, 2.75) is 13.3 Å². The third-order valence-electron chi connectivity index (χ3n) is 2.39. The van der Waals surface area contributed by atoms with Crippen LogP contribution < -0.4 is 15.4 Å². The van der Waals surface area contributed by atoms with Gasteiger partial charge in [0.2, 0.25) is 5.95 Å². The van der Waals surface area contributed by atoms with Crippen molar-refractivity contribution in [3.63, 3.8) is 0 Å². The molecule has 1 heterocycles. The zero-order valence-electron chi connectivity index (χ0n) is 11.6. The molecule has 2 aromatic rings. The largest absolute Gasteiger partial charge is 0.573 e. The van der Waals surface area contributed by atoms with E-state index in [-0.39, 0.29) is 16.8 Å². The maximum absolute atomic E-state index is 12.0. The Bertz CT molecular complexity index is 687. The maximum atomic E-state index is 12.0. The predicted octanol–water partition coefficient (Wildman–Crippen LogP) is 3.98. The number of urea groups is 1. The molecule has 0 atom stereocenters. The molecule has 0 aliphatic rings. The lowest BCUT2D eigenvalue weighted by Gasteiger charge is -2.10. The minimum absolute atomic E-state index is 0.00419. The molecule has 0 unspecified atom stereocenters. The highest BCUT2D eigenvalue weighted by molar-refractivity contribution is 6.29. The number of amides is 2. The molecule has 23 heavy (non-hydrogen) atoms. The van der Waals surface area contributed by atoms with Crippen LogP contribution in [0.3, 0.4) is 0 Å². The number of ether oxygens (including phenoxy) is 1. The molecule has 0 bridgehead atoms. The first-order valence-corrected chi connectivity index (χ1v) is 6.54. The lowest BCUT2D eigenvalue weighted by Crippen LogP contribution is -2.21. The average molecular weight is 347 g/mol. The summed E-state index contributed by atoms with van der Waals surface area (Å²) in [6.07, 6.45) is -4.77. The number of rotatable bonds is 3. The molecule has 6 nitrogen and oxygen atoms in total. The number of aromatic nitrogens is 2. The topological polar surface area (TPSA) is 76.1 Å². The van der Waals surface area contributed by atoms with Gasteiger partial charge in [0.1, 0.15) is 10.9 Å². The Morgan fingerprint density at radius 3 is 2.39 bits per heavy atom. The van der Waals surface area contributed by atoms with Crippen LogP contribution in [0.5, 0.6) is 5.75 Å². The normalized spacial score (nSPS) is 11.0. The van der Waals surface area contributed by atoms with Crippen molar-refractivity contribution in [3.8, 4) is 5.75 Å². The van der Waals surface area contributed by atoms with E-state index in [1.807, 2.05) is 0 Å². The molecule has 0 saturated carbocycles. The zero-order valence-corrected chi connectivity index (χ0v) is 12.4. The maximum Gasteiger partial charge on any atom is 0.573 e. The Morgan fingerprint density at radius 1 is 1.17 bits per heavy atom. The van der Waals surface area contributed by atoms with Crippen molar-refractivity contribution in [3.05, 3.63) is 41.2 Å². The van der Waals surface area contributed by atoms with Crippen LogP contribution >= 0.6 is 11.6 Å². The van der Waals surface area contributed by atoms with E-state index in [0.29, 0.717) is 5.69 Å². The van der Waals surface area contributed by atoms with E-state index in [1.54, 1.807) is 6.92 Å². The van der Waals surface area contributed by atoms with E-state index in [1.165, 1.54) is 18.2 Å². The second kappa shape index (κ2) is 6.69. The van der Waals surface area contributed by atoms with Crippen LogP contribution in [0.1, 0.15) is 5.69 Å². The number of anilines is 2. The second-order valence-electron chi connectivity index (χ2n) is 4.31. The summed E-state index contributed by atoms with van der Waals surface area (Å²) in [4.78, 5) is 19.5. The molecule has 1 aromatic carbocycles. The third-order valence-corrected chi connectivity index (χ3v) is 2.59. The summed E-state index contributed by atoms with van der Waals surface area (Å²) in [6, 6.07) is 5.50. The number of hydrogen-bond acceptors (Lipinski definition) is 4. The Kier molecular flexibility index (Phi) is 4.89. The summed E-state index contributed by atoms with van der Waals surface area (Å²) in [7, 11) is 0. The fraction of sp³-hybridized carbons (Fsp3) is 0.154. The van der Waals surface area contributed by atoms with Gasteiger partial charge in [-0.3, -0.25) is 5.32 Å². The van der Waals surface area contributed by atoms with E-state index in [0.717, 1.165) is 12.1 Å². The highest BCUT2D eigenvalue weighted by atomic mass is 35.5. The molecule has 2 N–H and O–H groups in total. The van der Waals surface area contributed by atoms with Gasteiger partial charge in [-0.25, -0.2) is 14.8 Å². The number of aryl methyl sites for hydroxylation is 1. The van der Waals surface area contributed by atoms with Crippen molar-refractivity contribution in [1.29, 1.82) is 0 Å². The van der Waals surface area contributed by atoms with Gasteiger partial charge in [0.25, 0.3) is 0 Å². The summed E-state index contributed by atoms with van der Waals surface area (Å²) in [6.45, 7) is 1.68. The number of alkyl halides is 3. The lowest BCUT2D eigenvalue weighted by atomic mass is 10.3. The van der Waals surface area contributed by atoms with E-state index >= 15 is 0 Å². The number of nitrogens with zero attached hydrogens (tertiary/aromatic N) is 2. The standard InChI is InChI=1S/C13H10ClF3N4O2/c1-7-6-10(14)20-11(18-7)21-12(22)19-8-2-4-9(5-3-8)23-13(15,16)17/h2-6H,1H3,(H2,18,19,20,21,22). The monoisotopic (exact) mass is 346 g/mol. The van der Waals surface area contributed by atoms with Gasteiger partial charge in [0.15, 0.2) is 0 Å². The van der Waals surface area contributed by atoms with Crippen LogP contribution in [-0.2, 0) is 0 Å². The molecule has 2 amide bonds. The van der Waals surface area contributed by atoms with Crippen LogP contribution in [0.4, 0.5) is 29.6 Å². The van der Waals surface area contributed by atoms with E-state index in [2.05, 4.69) is 25.3 Å². The molecule has 2 rings (SSSR count). The van der Waals surface area contributed by atoms with Crippen molar-refractivity contribution < 1.29 is 22.7 Å². The molecular weight excluding hydrogens is 337 g/mol. The van der Waals surface area contributed by atoms with E-state index in [9.17, 15) is 18.0 Å². The Labute approximate surface area is 133 Å². The van der Waals surface area contributed by atoms with Gasteiger partial charge in [-0.2, -0.15) is 0 Å². The number of carbonyl (C=O) groups excluding carboxylic acids is 1. The molecule has 0 aliphatic heterocycles. The molecule has 0 spiro atoms. The summed E-state index contributed by atoms with van der Waals surface area (Å²) < 4.78 is 39.8. The Hall–Kier alpha value is -2.55. The van der Waals surface area contributed by atoms with Gasteiger partial charge in [0.05, 0.1) is 0 Å². The fourth-order valence-electron chi connectivity index (χ4n) is 1.59. The molecule has 0 saturated heterocycles. The highest BCUT2D eigenvalue weighted by Gasteiger charge is 2.30. The third kappa shape index (κ3) is 5.62. The van der Waals surface area contributed by atoms with Crippen LogP contribution in [-0.4, -0.2) is 22.4 Å². The quantitative estimate of drug-likeness (QED) is 0.824. The minimum atomic E-state index is -4.77. The Morgan fingerprint density at radius 2 is 1.83 bits per heavy atom. The smallest absolute Gasteiger partial charge is 0.406 e. The van der Waals surface area contributed by atoms with Gasteiger partial charge in [-0.05, 0) is 37.3 Å². The second-order valence-corrected chi connectivity index (χ2v) is 4.69. The lowest BCUT2D eigenvalue weighted by molar-refractivity contribution is -0.274. The first-order chi connectivity index (χ1) is 10.7. The fourth-order valence-corrected chi connectivity index (χ4v) is 1.83. The molecule has 10 heteroatoms. The molecule has 1 aromatic heterocycles. The summed E-state index contributed by atoms with van der Waals surface area (Å²) in [5, 5.41) is 4.93. The Balaban J connectivity index is 1.97. The van der Waals surface area contributed by atoms with Crippen molar-refractivity contribution in [2.75, 3.05) is 10.6 Å². The van der Waals surface area contributed by atoms with Gasteiger partial charge in [-0.1, -0.05) is 11.6 Å². The average Bonchev–Trinajstić information content (AvgIpc) is 2.38. The van der Waals surface area contributed by atoms with Crippen molar-refractivity contribution >= 4 is 29.3 Å². The van der Waals surface area contributed by atoms with Crippen LogP contribution in [0, 0.1) is 6.92 Å². The number of halogens is 4. The van der Waals surface area contributed by atoms with Crippen LogP contribution in [0.25, 0.3) is 0 Å². The summed E-state index contributed by atoms with van der Waals surface area (Å²) in [5.41, 5.74) is 0.824. The summed E-state index contributed by atoms with van der Waals surface area (Å²) >= 11 is 5.74. The van der Waals surface area contributed by atoms with E-state index in [4.69, 9.17) is 11.6 Å². The summed E-state index contributed by atoms with van der Waals surface area (Å²) in [5.74, 6) is -0.387. The number of benzene rings is 1. The first-order valence-electron chi connectivity index (χ1n) is 6.16. The molecule has 0 aliphatic carbocycles. The van der Waals surface area contributed by atoms with Crippen LogP contribution in [0.15, 0.2) is 30.3 Å². The van der Waals surface area contributed by atoms with Gasteiger partial charge in [-0.15, -0.1) is 13.2 Å².